The van der Waals surface area contributed by atoms with Gasteiger partial charge in [0.05, 0.1) is 51.3 Å². The van der Waals surface area contributed by atoms with Crippen molar-refractivity contribution in [3.8, 4) is 0 Å². The minimum Gasteiger partial charge on any atom is -0.477 e. The normalized spacial score (nSPS) is 46.7. The van der Waals surface area contributed by atoms with Crippen LogP contribution in [-0.4, -0.2) is 338 Å². The van der Waals surface area contributed by atoms with Gasteiger partial charge in [0, 0.05) is 27.2 Å². The van der Waals surface area contributed by atoms with Gasteiger partial charge in [0.15, 0.2) is 31.5 Å². The van der Waals surface area contributed by atoms with Crippen molar-refractivity contribution in [2.45, 2.75) is 224 Å². The van der Waals surface area contributed by atoms with Gasteiger partial charge < -0.3 is 160 Å². The zero-order chi connectivity index (χ0) is 60.3. The Morgan fingerprint density at radius 3 is 1.60 bits per heavy atom. The Morgan fingerprint density at radius 1 is 0.519 bits per heavy atom. The molecule has 21 N–H and O–H groups in total. The first-order chi connectivity index (χ1) is 38.0. The van der Waals surface area contributed by atoms with Gasteiger partial charge in [-0.2, -0.15) is 0 Å². The summed E-state index contributed by atoms with van der Waals surface area (Å²) in [7, 11) is 0. The molecule has 6 rings (SSSR count). The number of aliphatic hydroxyl groups excluding tert-OH is 17. The number of nitrogens with one attached hydrogen (secondary N) is 3. The van der Waals surface area contributed by atoms with Gasteiger partial charge in [-0.05, 0) is 6.92 Å². The Bertz CT molecular complexity index is 2080. The summed E-state index contributed by atoms with van der Waals surface area (Å²) in [5.74, 6) is -7.55. The van der Waals surface area contributed by atoms with E-state index in [1.54, 1.807) is 0 Å². The molecule has 36 nitrogen and oxygen atoms in total. The average Bonchev–Trinajstić information content (AvgIpc) is 3.55. The van der Waals surface area contributed by atoms with Gasteiger partial charge in [-0.15, -0.1) is 0 Å². The highest BCUT2D eigenvalue weighted by Crippen LogP contribution is 2.38. The number of aliphatic carboxylic acids is 1. The first-order valence-corrected chi connectivity index (χ1v) is 25.6. The molecular weight excluding hydrogens is 1110 g/mol. The molecule has 6 fully saturated rings. The summed E-state index contributed by atoms with van der Waals surface area (Å²) in [6.07, 6.45) is -53.8. The molecule has 6 aliphatic heterocycles. The van der Waals surface area contributed by atoms with Crippen LogP contribution in [0.3, 0.4) is 0 Å². The Hall–Kier alpha value is -3.24. The fourth-order valence-corrected chi connectivity index (χ4v) is 10.2. The molecule has 6 aliphatic rings. The first-order valence-electron chi connectivity index (χ1n) is 25.6. The number of hydrogen-bond donors (Lipinski definition) is 21. The van der Waals surface area contributed by atoms with E-state index in [0.717, 1.165) is 20.8 Å². The summed E-state index contributed by atoms with van der Waals surface area (Å²) in [5.41, 5.74) is 0. The molecule has 0 aromatic heterocycles. The monoisotopic (exact) mass is 1190 g/mol. The summed E-state index contributed by atoms with van der Waals surface area (Å²) in [4.78, 5) is 50.0. The molecule has 0 aromatic rings. The fraction of sp³-hybridized carbons (Fsp3) is 0.911. The molecule has 6 saturated heterocycles. The second-order valence-corrected chi connectivity index (χ2v) is 20.4. The molecule has 6 heterocycles. The summed E-state index contributed by atoms with van der Waals surface area (Å²) >= 11 is 0. The van der Waals surface area contributed by atoms with Gasteiger partial charge in [0.25, 0.3) is 5.79 Å². The smallest absolute Gasteiger partial charge is 0.364 e. The maximum absolute atomic E-state index is 12.9. The predicted molar refractivity (Wildman–Crippen MR) is 250 cm³/mol. The van der Waals surface area contributed by atoms with Crippen molar-refractivity contribution >= 4 is 23.7 Å². The van der Waals surface area contributed by atoms with Crippen molar-refractivity contribution < 1.29 is 163 Å². The maximum Gasteiger partial charge on any atom is 0.364 e. The van der Waals surface area contributed by atoms with Crippen LogP contribution in [-0.2, 0) is 71.3 Å². The molecule has 81 heavy (non-hydrogen) atoms. The second-order valence-electron chi connectivity index (χ2n) is 20.4. The molecule has 36 heteroatoms. The SMILES string of the molecule is CC(=O)N[C@@H]1[C@@H](O[C@@H]2O[C@H](CO)[C@H](O)[C@H](O[C@@H]3O[C@H](CO)[C@@H](O[C@@H]4O[C@H](CO)[C@H](O)[C@H](O)[C@H]4O[C@@H]4O[C@@H](C)[C@@H](O)[C@@H](O)[C@@H]4O)[C@H](O)[C@H]3NC(C)=O)[C@H]2O)[C@@H](O)[C@@H](CO[C@]2(C(=O)O)C[C@H](O)[C@@H](NC(C)=O)[C@H]([C@H](O)[C@H](O)CO)O2)O[C@@H]1O. The molecule has 3 amide bonds. The zero-order valence-electron chi connectivity index (χ0n) is 43.7. The average molecular weight is 1190 g/mol. The van der Waals surface area contributed by atoms with Crippen molar-refractivity contribution in [2.24, 2.45) is 0 Å². The molecule has 0 unspecified atom stereocenters. The third kappa shape index (κ3) is 14.7. The van der Waals surface area contributed by atoms with E-state index >= 15 is 0 Å². The van der Waals surface area contributed by atoms with E-state index in [1.807, 2.05) is 0 Å². The van der Waals surface area contributed by atoms with Crippen LogP contribution in [0.2, 0.25) is 0 Å². The standard InChI is InChI=1S/C45H75N3O33/c1-11-24(58)30(64)32(66)41(72-11)80-38-31(65)26(60)17(7-50)75-43(38)77-34-19(9-52)76-40(22(29(34)63)47-13(3)54)79-37-27(61)18(8-51)74-42(33(37)67)78-35-23(48-14(4)55)39(68)73-20(28(35)62)10-71-45(44(69)70)5-15(56)21(46-12(2)53)36(81-45)25(59)16(57)6-49/h11,15-43,49-52,56-68H,5-10H2,1-4H3,(H,46,53)(H,47,54)(H,48,55)(H,69,70)/t11-,15-,16+,17+,18+,19+,20+,21+,22+,23+,24+,25+,26-,27-,28-,29+,30+,31-,32-,33+,34+,35+,36+,37-,38+,39-,40-,41-,42-,43-,45+/m0/s1. The highest BCUT2D eigenvalue weighted by molar-refractivity contribution is 5.77. The number of rotatable bonds is 21. The quantitative estimate of drug-likeness (QED) is 0.0507. The second kappa shape index (κ2) is 28.3. The van der Waals surface area contributed by atoms with Crippen LogP contribution in [0, 0.1) is 0 Å². The summed E-state index contributed by atoms with van der Waals surface area (Å²) < 4.78 is 63.1. The van der Waals surface area contributed by atoms with E-state index < -0.39 is 253 Å². The lowest BCUT2D eigenvalue weighted by molar-refractivity contribution is -0.390. The van der Waals surface area contributed by atoms with Crippen LogP contribution in [0.15, 0.2) is 0 Å². The van der Waals surface area contributed by atoms with Crippen LogP contribution in [0.1, 0.15) is 34.1 Å². The van der Waals surface area contributed by atoms with E-state index in [9.17, 15) is 111 Å². The van der Waals surface area contributed by atoms with E-state index in [4.69, 9.17) is 52.1 Å². The van der Waals surface area contributed by atoms with Gasteiger partial charge in [0.2, 0.25) is 17.7 Å². The van der Waals surface area contributed by atoms with Crippen molar-refractivity contribution in [2.75, 3.05) is 33.0 Å². The number of carboxylic acid groups (broad SMARTS) is 1. The molecule has 0 radical (unpaired) electrons. The molecule has 0 spiro atoms. The van der Waals surface area contributed by atoms with Crippen LogP contribution < -0.4 is 16.0 Å². The zero-order valence-corrected chi connectivity index (χ0v) is 43.7. The Balaban J connectivity index is 1.24. The number of aliphatic hydroxyl groups is 17. The Morgan fingerprint density at radius 2 is 1.02 bits per heavy atom. The topological polar surface area (TPSA) is 570 Å². The van der Waals surface area contributed by atoms with Gasteiger partial charge in [-0.3, -0.25) is 14.4 Å². The molecule has 0 bridgehead atoms. The minimum atomic E-state index is -3.00. The number of carbonyl (C=O) groups excluding carboxylic acids is 3. The molecular formula is C45H75N3O33. The van der Waals surface area contributed by atoms with E-state index in [-0.39, 0.29) is 0 Å². The predicted octanol–water partition coefficient (Wildman–Crippen LogP) is -13.4. The number of carbonyl (C=O) groups is 4. The van der Waals surface area contributed by atoms with Gasteiger partial charge in [-0.1, -0.05) is 0 Å². The number of ether oxygens (including phenoxy) is 11. The number of amides is 3. The molecule has 31 atom stereocenters. The highest BCUT2D eigenvalue weighted by atomic mass is 16.8. The Kier molecular flexibility index (Phi) is 23.4. The van der Waals surface area contributed by atoms with Crippen LogP contribution in [0.5, 0.6) is 0 Å². The largest absolute Gasteiger partial charge is 0.477 e. The molecule has 468 valence electrons. The summed E-state index contributed by atoms with van der Waals surface area (Å²) in [5, 5.41) is 202. The third-order valence-electron chi connectivity index (χ3n) is 14.6. The molecule has 0 aliphatic carbocycles. The lowest BCUT2D eigenvalue weighted by atomic mass is 9.88. The van der Waals surface area contributed by atoms with Crippen molar-refractivity contribution in [1.29, 1.82) is 0 Å². The van der Waals surface area contributed by atoms with Crippen LogP contribution in [0.25, 0.3) is 0 Å². The third-order valence-corrected chi connectivity index (χ3v) is 14.6. The van der Waals surface area contributed by atoms with Gasteiger partial charge in [0.1, 0.15) is 134 Å². The maximum atomic E-state index is 12.9. The minimum absolute atomic E-state index is 0.794. The van der Waals surface area contributed by atoms with E-state index in [0.29, 0.717) is 0 Å². The van der Waals surface area contributed by atoms with Gasteiger partial charge >= 0.3 is 5.97 Å². The van der Waals surface area contributed by atoms with Crippen LogP contribution in [0.4, 0.5) is 0 Å². The number of hydrogen-bond acceptors (Lipinski definition) is 32. The van der Waals surface area contributed by atoms with Crippen molar-refractivity contribution in [3.63, 3.8) is 0 Å². The summed E-state index contributed by atoms with van der Waals surface area (Å²) in [6, 6.07) is -5.27. The van der Waals surface area contributed by atoms with Crippen LogP contribution >= 0.6 is 0 Å². The first kappa shape index (κ1) is 66.9. The van der Waals surface area contributed by atoms with E-state index in [2.05, 4.69) is 16.0 Å². The lowest BCUT2D eigenvalue weighted by Crippen LogP contribution is -2.70. The summed E-state index contributed by atoms with van der Waals surface area (Å²) in [6.45, 7) is -1.10. The van der Waals surface area contributed by atoms with Crippen molar-refractivity contribution in [3.05, 3.63) is 0 Å². The van der Waals surface area contributed by atoms with Gasteiger partial charge in [-0.25, -0.2) is 4.79 Å². The molecule has 0 aromatic carbocycles. The molecule has 0 saturated carbocycles. The number of carboxylic acids is 1. The lowest BCUT2D eigenvalue weighted by Gasteiger charge is -2.50. The Labute approximate surface area is 459 Å². The fourth-order valence-electron chi connectivity index (χ4n) is 10.2. The van der Waals surface area contributed by atoms with E-state index in [1.165, 1.54) is 6.92 Å². The highest BCUT2D eigenvalue weighted by Gasteiger charge is 2.60. The van der Waals surface area contributed by atoms with Crippen molar-refractivity contribution in [1.82, 2.24) is 16.0 Å².